The van der Waals surface area contributed by atoms with Crippen LogP contribution in [0.15, 0.2) is 60.7 Å². The third-order valence-corrected chi connectivity index (χ3v) is 4.17. The molecule has 6 nitrogen and oxygen atoms in total. The van der Waals surface area contributed by atoms with Crippen molar-refractivity contribution in [1.29, 1.82) is 0 Å². The Labute approximate surface area is 165 Å². The zero-order valence-electron chi connectivity index (χ0n) is 16.3. The summed E-state index contributed by atoms with van der Waals surface area (Å²) in [5, 5.41) is 6.13. The van der Waals surface area contributed by atoms with Crippen molar-refractivity contribution in [3.05, 3.63) is 72.2 Å². The van der Waals surface area contributed by atoms with E-state index < -0.39 is 0 Å². The standard InChI is InChI=1S/C22H24N4O2/c1-4-15(2)23-22(27)20-14-21(25-16(3)24-20)26-17-10-12-19(13-11-17)28-18-8-6-5-7-9-18/h5-15H,4H2,1-3H3,(H,23,27)(H,24,25,26). The Morgan fingerprint density at radius 1 is 1.04 bits per heavy atom. The van der Waals surface area contributed by atoms with Crippen LogP contribution in [0.25, 0.3) is 0 Å². The van der Waals surface area contributed by atoms with Gasteiger partial charge in [-0.1, -0.05) is 25.1 Å². The topological polar surface area (TPSA) is 76.1 Å². The minimum absolute atomic E-state index is 0.0938. The van der Waals surface area contributed by atoms with Gasteiger partial charge in [-0.05, 0) is 56.7 Å². The molecule has 0 aliphatic carbocycles. The lowest BCUT2D eigenvalue weighted by atomic mass is 10.2. The summed E-state index contributed by atoms with van der Waals surface area (Å²) in [5.41, 5.74) is 1.19. The highest BCUT2D eigenvalue weighted by Crippen LogP contribution is 2.24. The van der Waals surface area contributed by atoms with Gasteiger partial charge in [0.1, 0.15) is 28.8 Å². The van der Waals surface area contributed by atoms with Crippen molar-refractivity contribution in [1.82, 2.24) is 15.3 Å². The van der Waals surface area contributed by atoms with Gasteiger partial charge in [0.05, 0.1) is 0 Å². The Morgan fingerprint density at radius 3 is 2.39 bits per heavy atom. The second kappa shape index (κ2) is 8.99. The van der Waals surface area contributed by atoms with Gasteiger partial charge in [-0.3, -0.25) is 4.79 Å². The summed E-state index contributed by atoms with van der Waals surface area (Å²) in [5.74, 6) is 2.42. The molecule has 2 N–H and O–H groups in total. The molecule has 2 aromatic carbocycles. The van der Waals surface area contributed by atoms with Gasteiger partial charge in [-0.2, -0.15) is 0 Å². The molecule has 144 valence electrons. The molecule has 0 radical (unpaired) electrons. The molecule has 6 heteroatoms. The van der Waals surface area contributed by atoms with Crippen LogP contribution < -0.4 is 15.4 Å². The number of carbonyl (C=O) groups excluding carboxylic acids is 1. The van der Waals surface area contributed by atoms with Crippen LogP contribution in [0.3, 0.4) is 0 Å². The maximum Gasteiger partial charge on any atom is 0.270 e. The first-order chi connectivity index (χ1) is 13.5. The van der Waals surface area contributed by atoms with Crippen molar-refractivity contribution in [2.24, 2.45) is 0 Å². The van der Waals surface area contributed by atoms with Crippen LogP contribution in [-0.2, 0) is 0 Å². The van der Waals surface area contributed by atoms with Gasteiger partial charge in [0, 0.05) is 17.8 Å². The monoisotopic (exact) mass is 376 g/mol. The van der Waals surface area contributed by atoms with Crippen molar-refractivity contribution in [2.75, 3.05) is 5.32 Å². The van der Waals surface area contributed by atoms with Crippen LogP contribution in [0.4, 0.5) is 11.5 Å². The second-order valence-electron chi connectivity index (χ2n) is 6.53. The predicted octanol–water partition coefficient (Wildman–Crippen LogP) is 4.85. The Kier molecular flexibility index (Phi) is 6.22. The fourth-order valence-electron chi connectivity index (χ4n) is 2.53. The molecule has 0 fully saturated rings. The van der Waals surface area contributed by atoms with Crippen molar-refractivity contribution >= 4 is 17.4 Å². The van der Waals surface area contributed by atoms with Crippen LogP contribution in [-0.4, -0.2) is 21.9 Å². The van der Waals surface area contributed by atoms with E-state index in [2.05, 4.69) is 20.6 Å². The molecule has 0 aliphatic rings. The number of carbonyl (C=O) groups is 1. The van der Waals surface area contributed by atoms with Gasteiger partial charge in [0.25, 0.3) is 5.91 Å². The van der Waals surface area contributed by atoms with E-state index in [1.54, 1.807) is 13.0 Å². The van der Waals surface area contributed by atoms with Gasteiger partial charge < -0.3 is 15.4 Å². The zero-order valence-corrected chi connectivity index (χ0v) is 16.3. The van der Waals surface area contributed by atoms with Crippen LogP contribution >= 0.6 is 0 Å². The molecule has 0 aliphatic heterocycles. The summed E-state index contributed by atoms with van der Waals surface area (Å²) < 4.78 is 5.79. The van der Waals surface area contributed by atoms with Crippen LogP contribution in [0.1, 0.15) is 36.6 Å². The minimum atomic E-state index is -0.200. The first-order valence-corrected chi connectivity index (χ1v) is 9.30. The molecule has 1 unspecified atom stereocenters. The van der Waals surface area contributed by atoms with Crippen molar-refractivity contribution in [3.8, 4) is 11.5 Å². The molecular formula is C22H24N4O2. The Balaban J connectivity index is 1.70. The number of para-hydroxylation sites is 1. The average Bonchev–Trinajstić information content (AvgIpc) is 2.69. The van der Waals surface area contributed by atoms with E-state index in [1.165, 1.54) is 0 Å². The lowest BCUT2D eigenvalue weighted by Gasteiger charge is -2.12. The number of nitrogens with one attached hydrogen (secondary N) is 2. The predicted molar refractivity (Wildman–Crippen MR) is 110 cm³/mol. The fraction of sp³-hybridized carbons (Fsp3) is 0.227. The Hall–Kier alpha value is -3.41. The molecule has 3 rings (SSSR count). The number of hydrogen-bond acceptors (Lipinski definition) is 5. The van der Waals surface area contributed by atoms with E-state index in [0.717, 1.165) is 23.6 Å². The molecule has 0 saturated carbocycles. The van der Waals surface area contributed by atoms with Crippen LogP contribution in [0.2, 0.25) is 0 Å². The highest BCUT2D eigenvalue weighted by molar-refractivity contribution is 5.93. The maximum atomic E-state index is 12.3. The highest BCUT2D eigenvalue weighted by Gasteiger charge is 2.12. The number of amides is 1. The van der Waals surface area contributed by atoms with Gasteiger partial charge in [-0.25, -0.2) is 9.97 Å². The zero-order chi connectivity index (χ0) is 19.9. The van der Waals surface area contributed by atoms with E-state index in [4.69, 9.17) is 4.74 Å². The highest BCUT2D eigenvalue weighted by atomic mass is 16.5. The summed E-state index contributed by atoms with van der Waals surface area (Å²) in [6.07, 6.45) is 0.859. The summed E-state index contributed by atoms with van der Waals surface area (Å²) in [6.45, 7) is 5.75. The molecule has 1 heterocycles. The van der Waals surface area contributed by atoms with Crippen molar-refractivity contribution in [3.63, 3.8) is 0 Å². The van der Waals surface area contributed by atoms with Crippen LogP contribution in [0.5, 0.6) is 11.5 Å². The summed E-state index contributed by atoms with van der Waals surface area (Å²) in [7, 11) is 0. The second-order valence-corrected chi connectivity index (χ2v) is 6.53. The average molecular weight is 376 g/mol. The number of nitrogens with zero attached hydrogens (tertiary/aromatic N) is 2. The number of aromatic nitrogens is 2. The minimum Gasteiger partial charge on any atom is -0.457 e. The lowest BCUT2D eigenvalue weighted by molar-refractivity contribution is 0.0934. The summed E-state index contributed by atoms with van der Waals surface area (Å²) in [4.78, 5) is 21.0. The third-order valence-electron chi connectivity index (χ3n) is 4.17. The van der Waals surface area contributed by atoms with Gasteiger partial charge in [-0.15, -0.1) is 0 Å². The van der Waals surface area contributed by atoms with Gasteiger partial charge in [0.15, 0.2) is 0 Å². The number of anilines is 2. The van der Waals surface area contributed by atoms with E-state index in [1.807, 2.05) is 68.4 Å². The fourth-order valence-corrected chi connectivity index (χ4v) is 2.53. The number of hydrogen-bond donors (Lipinski definition) is 2. The van der Waals surface area contributed by atoms with Gasteiger partial charge >= 0.3 is 0 Å². The SMILES string of the molecule is CCC(C)NC(=O)c1cc(Nc2ccc(Oc3ccccc3)cc2)nc(C)n1. The molecule has 1 aromatic heterocycles. The normalized spacial score (nSPS) is 11.5. The first kappa shape index (κ1) is 19.4. The third kappa shape index (κ3) is 5.30. The number of ether oxygens (including phenoxy) is 1. The maximum absolute atomic E-state index is 12.3. The van der Waals surface area contributed by atoms with E-state index in [-0.39, 0.29) is 11.9 Å². The number of benzene rings is 2. The van der Waals surface area contributed by atoms with E-state index >= 15 is 0 Å². The lowest BCUT2D eigenvalue weighted by Crippen LogP contribution is -2.32. The summed E-state index contributed by atoms with van der Waals surface area (Å²) >= 11 is 0. The van der Waals surface area contributed by atoms with Gasteiger partial charge in [0.2, 0.25) is 0 Å². The molecule has 1 amide bonds. The summed E-state index contributed by atoms with van der Waals surface area (Å²) in [6, 6.07) is 18.9. The molecule has 1 atom stereocenters. The number of rotatable bonds is 7. The van der Waals surface area contributed by atoms with E-state index in [0.29, 0.717) is 17.3 Å². The molecule has 3 aromatic rings. The molecule has 0 spiro atoms. The Morgan fingerprint density at radius 2 is 1.71 bits per heavy atom. The Bertz CT molecular complexity index is 927. The largest absolute Gasteiger partial charge is 0.457 e. The number of aryl methyl sites for hydroxylation is 1. The molecule has 0 saturated heterocycles. The molecular weight excluding hydrogens is 352 g/mol. The quantitative estimate of drug-likeness (QED) is 0.616. The van der Waals surface area contributed by atoms with Crippen molar-refractivity contribution in [2.45, 2.75) is 33.2 Å². The van der Waals surface area contributed by atoms with Crippen molar-refractivity contribution < 1.29 is 9.53 Å². The van der Waals surface area contributed by atoms with E-state index in [9.17, 15) is 4.79 Å². The smallest absolute Gasteiger partial charge is 0.270 e. The molecule has 28 heavy (non-hydrogen) atoms. The molecule has 0 bridgehead atoms. The van der Waals surface area contributed by atoms with Crippen LogP contribution in [0, 0.1) is 6.92 Å². The first-order valence-electron chi connectivity index (χ1n) is 9.30.